The summed E-state index contributed by atoms with van der Waals surface area (Å²) >= 11 is 0. The zero-order valence-electron chi connectivity index (χ0n) is 13.6. The van der Waals surface area contributed by atoms with Crippen LogP contribution in [0.3, 0.4) is 0 Å². The lowest BCUT2D eigenvalue weighted by atomic mass is 9.82. The van der Waals surface area contributed by atoms with Gasteiger partial charge in [-0.15, -0.1) is 0 Å². The van der Waals surface area contributed by atoms with Crippen LogP contribution < -0.4 is 5.32 Å². The number of ether oxygens (including phenoxy) is 2. The second-order valence-corrected chi connectivity index (χ2v) is 6.67. The summed E-state index contributed by atoms with van der Waals surface area (Å²) in [6.07, 6.45) is 11.5. The average Bonchev–Trinajstić information content (AvgIpc) is 2.53. The van der Waals surface area contributed by atoms with Crippen LogP contribution >= 0.6 is 0 Å². The van der Waals surface area contributed by atoms with Crippen molar-refractivity contribution in [3.63, 3.8) is 0 Å². The molecule has 4 nitrogen and oxygen atoms in total. The summed E-state index contributed by atoms with van der Waals surface area (Å²) in [5, 5.41) is 3.21. The monoisotopic (exact) mass is 297 g/mol. The van der Waals surface area contributed by atoms with Crippen LogP contribution in [-0.2, 0) is 14.3 Å². The minimum absolute atomic E-state index is 0.190. The van der Waals surface area contributed by atoms with Crippen LogP contribution in [-0.4, -0.2) is 38.4 Å². The average molecular weight is 297 g/mol. The molecular weight excluding hydrogens is 266 g/mol. The van der Waals surface area contributed by atoms with E-state index < -0.39 is 0 Å². The van der Waals surface area contributed by atoms with E-state index in [0.29, 0.717) is 18.4 Å². The molecule has 1 N–H and O–H groups in total. The SMILES string of the molecule is COC1CCC(CCC(=O)NC2CCCCC2)CC1OC. The Morgan fingerprint density at radius 1 is 1.00 bits per heavy atom. The van der Waals surface area contributed by atoms with Crippen molar-refractivity contribution in [2.24, 2.45) is 5.92 Å². The third-order valence-electron chi connectivity index (χ3n) is 5.20. The molecule has 122 valence electrons. The van der Waals surface area contributed by atoms with Gasteiger partial charge in [0, 0.05) is 26.7 Å². The summed E-state index contributed by atoms with van der Waals surface area (Å²) < 4.78 is 11.0. The van der Waals surface area contributed by atoms with Crippen LogP contribution in [0.25, 0.3) is 0 Å². The summed E-state index contributed by atoms with van der Waals surface area (Å²) in [6.45, 7) is 0. The van der Waals surface area contributed by atoms with Crippen LogP contribution in [0, 0.1) is 5.92 Å². The maximum Gasteiger partial charge on any atom is 0.220 e. The number of hydrogen-bond acceptors (Lipinski definition) is 3. The van der Waals surface area contributed by atoms with Gasteiger partial charge in [0.25, 0.3) is 0 Å². The van der Waals surface area contributed by atoms with Gasteiger partial charge in [0.1, 0.15) is 0 Å². The Hall–Kier alpha value is -0.610. The molecule has 0 radical (unpaired) electrons. The summed E-state index contributed by atoms with van der Waals surface area (Å²) in [7, 11) is 3.52. The van der Waals surface area contributed by atoms with E-state index in [1.165, 1.54) is 19.3 Å². The third kappa shape index (κ3) is 5.26. The fraction of sp³-hybridized carbons (Fsp3) is 0.941. The first kappa shape index (κ1) is 16.8. The van der Waals surface area contributed by atoms with Crippen molar-refractivity contribution in [3.8, 4) is 0 Å². The minimum atomic E-state index is 0.190. The van der Waals surface area contributed by atoms with Gasteiger partial charge in [-0.2, -0.15) is 0 Å². The lowest BCUT2D eigenvalue weighted by molar-refractivity contribution is -0.122. The van der Waals surface area contributed by atoms with Gasteiger partial charge < -0.3 is 14.8 Å². The first-order chi connectivity index (χ1) is 10.2. The molecule has 21 heavy (non-hydrogen) atoms. The Morgan fingerprint density at radius 2 is 1.71 bits per heavy atom. The Morgan fingerprint density at radius 3 is 2.38 bits per heavy atom. The molecule has 2 rings (SSSR count). The van der Waals surface area contributed by atoms with Crippen molar-refractivity contribution in [2.75, 3.05) is 14.2 Å². The topological polar surface area (TPSA) is 47.6 Å². The number of carbonyl (C=O) groups is 1. The number of amides is 1. The summed E-state index contributed by atoms with van der Waals surface area (Å²) in [4.78, 5) is 12.1. The Kier molecular flexibility index (Phi) is 6.97. The van der Waals surface area contributed by atoms with Crippen molar-refractivity contribution in [3.05, 3.63) is 0 Å². The molecule has 0 saturated heterocycles. The minimum Gasteiger partial charge on any atom is -0.379 e. The first-order valence-corrected chi connectivity index (χ1v) is 8.58. The Bertz CT molecular complexity index is 315. The molecule has 0 aromatic heterocycles. The standard InChI is InChI=1S/C17H31NO3/c1-20-15-10-8-13(12-16(15)21-2)9-11-17(19)18-14-6-4-3-5-7-14/h13-16H,3-12H2,1-2H3,(H,18,19). The summed E-state index contributed by atoms with van der Waals surface area (Å²) in [5.41, 5.74) is 0. The van der Waals surface area contributed by atoms with Crippen LogP contribution in [0.5, 0.6) is 0 Å². The molecule has 0 aliphatic heterocycles. The normalized spacial score (nSPS) is 31.0. The third-order valence-corrected chi connectivity index (χ3v) is 5.20. The van der Waals surface area contributed by atoms with Gasteiger partial charge in [-0.05, 0) is 44.4 Å². The molecule has 0 heterocycles. The van der Waals surface area contributed by atoms with Crippen LogP contribution in [0.2, 0.25) is 0 Å². The van der Waals surface area contributed by atoms with E-state index in [4.69, 9.17) is 9.47 Å². The highest BCUT2D eigenvalue weighted by Crippen LogP contribution is 2.31. The Balaban J connectivity index is 1.66. The van der Waals surface area contributed by atoms with Crippen molar-refractivity contribution in [2.45, 2.75) is 82.5 Å². The summed E-state index contributed by atoms with van der Waals surface area (Å²) in [6, 6.07) is 0.433. The molecule has 3 atom stereocenters. The van der Waals surface area contributed by atoms with Crippen molar-refractivity contribution in [1.82, 2.24) is 5.32 Å². The van der Waals surface area contributed by atoms with E-state index in [2.05, 4.69) is 5.32 Å². The van der Waals surface area contributed by atoms with Gasteiger partial charge in [0.05, 0.1) is 12.2 Å². The van der Waals surface area contributed by atoms with E-state index >= 15 is 0 Å². The molecule has 2 saturated carbocycles. The Labute approximate surface area is 129 Å². The zero-order valence-corrected chi connectivity index (χ0v) is 13.6. The van der Waals surface area contributed by atoms with Gasteiger partial charge in [0.15, 0.2) is 0 Å². The highest BCUT2D eigenvalue weighted by atomic mass is 16.5. The van der Waals surface area contributed by atoms with Gasteiger partial charge in [-0.25, -0.2) is 0 Å². The molecular formula is C17H31NO3. The number of methoxy groups -OCH3 is 2. The molecule has 0 aromatic carbocycles. The maximum absolute atomic E-state index is 12.1. The van der Waals surface area contributed by atoms with E-state index in [1.807, 2.05) is 0 Å². The molecule has 0 spiro atoms. The zero-order chi connectivity index (χ0) is 15.1. The number of nitrogens with one attached hydrogen (secondary N) is 1. The van der Waals surface area contributed by atoms with Crippen molar-refractivity contribution >= 4 is 5.91 Å². The molecule has 2 aliphatic carbocycles. The van der Waals surface area contributed by atoms with Crippen molar-refractivity contribution < 1.29 is 14.3 Å². The quantitative estimate of drug-likeness (QED) is 0.819. The van der Waals surface area contributed by atoms with Crippen LogP contribution in [0.1, 0.15) is 64.2 Å². The van der Waals surface area contributed by atoms with Gasteiger partial charge in [-0.1, -0.05) is 19.3 Å². The first-order valence-electron chi connectivity index (χ1n) is 8.58. The molecule has 2 fully saturated rings. The molecule has 4 heteroatoms. The lowest BCUT2D eigenvalue weighted by Gasteiger charge is -2.34. The second-order valence-electron chi connectivity index (χ2n) is 6.67. The van der Waals surface area contributed by atoms with E-state index in [1.54, 1.807) is 14.2 Å². The molecule has 0 bridgehead atoms. The van der Waals surface area contributed by atoms with Gasteiger partial charge in [-0.3, -0.25) is 4.79 Å². The highest BCUT2D eigenvalue weighted by Gasteiger charge is 2.30. The fourth-order valence-electron chi connectivity index (χ4n) is 3.85. The molecule has 2 aliphatic rings. The van der Waals surface area contributed by atoms with E-state index in [9.17, 15) is 4.79 Å². The lowest BCUT2D eigenvalue weighted by Crippen LogP contribution is -2.38. The summed E-state index contributed by atoms with van der Waals surface area (Å²) in [5.74, 6) is 0.836. The number of rotatable bonds is 6. The number of carbonyl (C=O) groups excluding carboxylic acids is 1. The molecule has 0 aromatic rings. The van der Waals surface area contributed by atoms with Gasteiger partial charge in [0.2, 0.25) is 5.91 Å². The highest BCUT2D eigenvalue weighted by molar-refractivity contribution is 5.76. The smallest absolute Gasteiger partial charge is 0.220 e. The van der Waals surface area contributed by atoms with E-state index in [0.717, 1.165) is 38.5 Å². The number of hydrogen-bond donors (Lipinski definition) is 1. The molecule has 1 amide bonds. The predicted octanol–water partition coefficient (Wildman–Crippen LogP) is 3.05. The predicted molar refractivity (Wildman–Crippen MR) is 83.2 cm³/mol. The van der Waals surface area contributed by atoms with E-state index in [-0.39, 0.29) is 18.1 Å². The van der Waals surface area contributed by atoms with Gasteiger partial charge >= 0.3 is 0 Å². The van der Waals surface area contributed by atoms with Crippen LogP contribution in [0.4, 0.5) is 0 Å². The second kappa shape index (κ2) is 8.74. The van der Waals surface area contributed by atoms with Crippen LogP contribution in [0.15, 0.2) is 0 Å². The fourth-order valence-corrected chi connectivity index (χ4v) is 3.85. The largest absolute Gasteiger partial charge is 0.379 e. The maximum atomic E-state index is 12.1. The van der Waals surface area contributed by atoms with Crippen molar-refractivity contribution in [1.29, 1.82) is 0 Å². The molecule has 3 unspecified atom stereocenters.